The Morgan fingerprint density at radius 3 is 1.72 bits per heavy atom. The van der Waals surface area contributed by atoms with Gasteiger partial charge in [0.25, 0.3) is 0 Å². The summed E-state index contributed by atoms with van der Waals surface area (Å²) < 4.78 is 21.7. The summed E-state index contributed by atoms with van der Waals surface area (Å²) in [4.78, 5) is 0. The van der Waals surface area contributed by atoms with Crippen LogP contribution < -0.4 is 0 Å². The van der Waals surface area contributed by atoms with E-state index < -0.39 is 0 Å². The van der Waals surface area contributed by atoms with Gasteiger partial charge in [0.15, 0.2) is 0 Å². The topological polar surface area (TPSA) is 57.2 Å². The highest BCUT2D eigenvalue weighted by atomic mass is 16.6. The molecule has 0 spiro atoms. The number of hydrogen-bond acceptors (Lipinski definition) is 5. The van der Waals surface area contributed by atoms with Crippen LogP contribution in [0, 0.1) is 11.8 Å². The summed E-state index contributed by atoms with van der Waals surface area (Å²) in [7, 11) is 1.68. The van der Waals surface area contributed by atoms with Gasteiger partial charge in [0, 0.05) is 20.1 Å². The van der Waals surface area contributed by atoms with Crippen LogP contribution in [0.1, 0.15) is 84.0 Å². The van der Waals surface area contributed by atoms with Gasteiger partial charge in [0.2, 0.25) is 0 Å². The number of aliphatic hydroxyl groups is 1. The van der Waals surface area contributed by atoms with Gasteiger partial charge in [-0.3, -0.25) is 0 Å². The van der Waals surface area contributed by atoms with Crippen LogP contribution in [0.25, 0.3) is 0 Å². The minimum Gasteiger partial charge on any atom is -0.394 e. The molecule has 0 saturated heterocycles. The normalized spacial score (nSPS) is 12.0. The van der Waals surface area contributed by atoms with E-state index in [1.54, 1.807) is 7.11 Å². The average molecular weight is 415 g/mol. The van der Waals surface area contributed by atoms with Gasteiger partial charge in [-0.1, -0.05) is 57.8 Å². The van der Waals surface area contributed by atoms with Crippen LogP contribution in [0.4, 0.5) is 0 Å². The van der Waals surface area contributed by atoms with Crippen molar-refractivity contribution in [1.29, 1.82) is 0 Å². The lowest BCUT2D eigenvalue weighted by Crippen LogP contribution is -2.25. The first-order chi connectivity index (χ1) is 14.3. The Morgan fingerprint density at radius 1 is 0.655 bits per heavy atom. The molecular weight excluding hydrogens is 368 g/mol. The molecule has 0 radical (unpaired) electrons. The van der Waals surface area contributed by atoms with E-state index in [9.17, 15) is 0 Å². The van der Waals surface area contributed by atoms with Crippen LogP contribution in [0.3, 0.4) is 0 Å². The van der Waals surface area contributed by atoms with Crippen LogP contribution >= 0.6 is 0 Å². The largest absolute Gasteiger partial charge is 0.394 e. The molecule has 0 aromatic carbocycles. The summed E-state index contributed by atoms with van der Waals surface area (Å²) in [6.07, 6.45) is 15.5. The van der Waals surface area contributed by atoms with E-state index >= 15 is 0 Å². The molecule has 172 valence electrons. The summed E-state index contributed by atoms with van der Waals surface area (Å²) in [5.41, 5.74) is 0. The third-order valence-electron chi connectivity index (χ3n) is 4.82. The van der Waals surface area contributed by atoms with Crippen LogP contribution in [0.15, 0.2) is 0 Å². The molecule has 0 aromatic rings. The number of rotatable bonds is 23. The molecule has 1 unspecified atom stereocenters. The number of hydrogen-bond donors (Lipinski definition) is 1. The van der Waals surface area contributed by atoms with Crippen molar-refractivity contribution in [1.82, 2.24) is 0 Å². The maximum absolute atomic E-state index is 8.61. The first kappa shape index (κ1) is 28.4. The molecule has 0 bridgehead atoms. The predicted molar refractivity (Wildman–Crippen MR) is 119 cm³/mol. The molecular formula is C24H46O5. The van der Waals surface area contributed by atoms with Crippen LogP contribution in [-0.4, -0.2) is 64.6 Å². The van der Waals surface area contributed by atoms with Gasteiger partial charge in [-0.2, -0.15) is 0 Å². The van der Waals surface area contributed by atoms with Crippen molar-refractivity contribution in [2.45, 2.75) is 90.1 Å². The maximum Gasteiger partial charge on any atom is 0.104 e. The summed E-state index contributed by atoms with van der Waals surface area (Å²) >= 11 is 0. The zero-order valence-electron chi connectivity index (χ0n) is 19.1. The van der Waals surface area contributed by atoms with Gasteiger partial charge < -0.3 is 24.1 Å². The summed E-state index contributed by atoms with van der Waals surface area (Å²) in [5, 5.41) is 8.61. The second kappa shape index (κ2) is 25.4. The smallest absolute Gasteiger partial charge is 0.104 e. The lowest BCUT2D eigenvalue weighted by atomic mass is 10.1. The van der Waals surface area contributed by atoms with Gasteiger partial charge in [0.1, 0.15) is 6.10 Å². The molecule has 0 saturated carbocycles. The molecule has 0 fully saturated rings. The zero-order valence-corrected chi connectivity index (χ0v) is 19.1. The van der Waals surface area contributed by atoms with Crippen LogP contribution in [-0.2, 0) is 18.9 Å². The highest BCUT2D eigenvalue weighted by molar-refractivity contribution is 4.94. The molecule has 0 aliphatic heterocycles. The Balaban J connectivity index is 3.23. The van der Waals surface area contributed by atoms with Gasteiger partial charge in [-0.15, -0.1) is 11.8 Å². The maximum atomic E-state index is 8.61. The Kier molecular flexibility index (Phi) is 24.8. The lowest BCUT2D eigenvalue weighted by molar-refractivity contribution is -0.0519. The highest BCUT2D eigenvalue weighted by Gasteiger charge is 2.07. The molecule has 5 nitrogen and oxygen atoms in total. The molecule has 0 rings (SSSR count). The summed E-state index contributed by atoms with van der Waals surface area (Å²) in [5.74, 6) is 6.09. The Hall–Kier alpha value is -0.640. The third kappa shape index (κ3) is 23.5. The molecule has 0 heterocycles. The van der Waals surface area contributed by atoms with E-state index in [1.807, 2.05) is 6.92 Å². The van der Waals surface area contributed by atoms with Crippen molar-refractivity contribution in [3.63, 3.8) is 0 Å². The average Bonchev–Trinajstić information content (AvgIpc) is 2.74. The zero-order chi connectivity index (χ0) is 21.3. The quantitative estimate of drug-likeness (QED) is 0.193. The summed E-state index contributed by atoms with van der Waals surface area (Å²) in [6, 6.07) is 0. The number of aliphatic hydroxyl groups excluding tert-OH is 1. The first-order valence-electron chi connectivity index (χ1n) is 11.6. The Bertz CT molecular complexity index is 364. The van der Waals surface area contributed by atoms with Gasteiger partial charge in [0.05, 0.1) is 39.6 Å². The summed E-state index contributed by atoms with van der Waals surface area (Å²) in [6.45, 7) is 5.19. The number of methoxy groups -OCH3 is 1. The molecule has 5 heteroatoms. The van der Waals surface area contributed by atoms with E-state index in [2.05, 4.69) is 11.8 Å². The standard InChI is InChI=1S/C24H46O5/c1-3-4-5-6-7-8-9-10-11-12-13-14-15-16-18-28-22-24(26-2)23-29-21-20-27-19-17-25/h24-25H,5-23H2,1-2H3. The van der Waals surface area contributed by atoms with E-state index in [1.165, 1.54) is 64.2 Å². The predicted octanol–water partition coefficient (Wildman–Crippen LogP) is 4.75. The minimum absolute atomic E-state index is 0.0348. The Morgan fingerprint density at radius 2 is 1.17 bits per heavy atom. The van der Waals surface area contributed by atoms with E-state index in [0.29, 0.717) is 33.0 Å². The van der Waals surface area contributed by atoms with Crippen molar-refractivity contribution in [2.75, 3.05) is 53.4 Å². The molecule has 0 aliphatic rings. The fourth-order valence-electron chi connectivity index (χ4n) is 3.03. The van der Waals surface area contributed by atoms with Crippen molar-refractivity contribution >= 4 is 0 Å². The van der Waals surface area contributed by atoms with E-state index in [-0.39, 0.29) is 12.7 Å². The number of unbranched alkanes of at least 4 members (excludes halogenated alkanes) is 11. The van der Waals surface area contributed by atoms with E-state index in [4.69, 9.17) is 24.1 Å². The fourth-order valence-corrected chi connectivity index (χ4v) is 3.03. The molecule has 29 heavy (non-hydrogen) atoms. The van der Waals surface area contributed by atoms with Crippen LogP contribution in [0.5, 0.6) is 0 Å². The van der Waals surface area contributed by atoms with Crippen molar-refractivity contribution in [2.24, 2.45) is 0 Å². The van der Waals surface area contributed by atoms with Gasteiger partial charge in [-0.05, 0) is 19.8 Å². The second-order valence-corrected chi connectivity index (χ2v) is 7.41. The molecule has 1 atom stereocenters. The molecule has 1 N–H and O–H groups in total. The van der Waals surface area contributed by atoms with Gasteiger partial charge >= 0.3 is 0 Å². The molecule has 0 aromatic heterocycles. The highest BCUT2D eigenvalue weighted by Crippen LogP contribution is 2.12. The first-order valence-corrected chi connectivity index (χ1v) is 11.6. The monoisotopic (exact) mass is 414 g/mol. The van der Waals surface area contributed by atoms with Crippen LogP contribution in [0.2, 0.25) is 0 Å². The minimum atomic E-state index is -0.0348. The van der Waals surface area contributed by atoms with Crippen molar-refractivity contribution in [3.05, 3.63) is 0 Å². The molecule has 0 amide bonds. The fraction of sp³-hybridized carbons (Fsp3) is 0.917. The SMILES string of the molecule is CC#CCCCCCCCCCCCCCOCC(COCCOCCO)OC. The second-order valence-electron chi connectivity index (χ2n) is 7.41. The third-order valence-corrected chi connectivity index (χ3v) is 4.82. The number of ether oxygens (including phenoxy) is 4. The van der Waals surface area contributed by atoms with Crippen molar-refractivity contribution in [3.8, 4) is 11.8 Å². The molecule has 0 aliphatic carbocycles. The van der Waals surface area contributed by atoms with Gasteiger partial charge in [-0.25, -0.2) is 0 Å². The lowest BCUT2D eigenvalue weighted by Gasteiger charge is -2.16. The Labute approximate surface area is 179 Å². The van der Waals surface area contributed by atoms with Crippen molar-refractivity contribution < 1.29 is 24.1 Å². The van der Waals surface area contributed by atoms with E-state index in [0.717, 1.165) is 19.4 Å².